The van der Waals surface area contributed by atoms with Gasteiger partial charge in [-0.1, -0.05) is 48.5 Å². The Morgan fingerprint density at radius 2 is 1.33 bits per heavy atom. The monoisotopic (exact) mass is 440 g/mol. The molecule has 164 valence electrons. The first-order valence-electron chi connectivity index (χ1n) is 10.0. The fourth-order valence-corrected chi connectivity index (χ4v) is 2.88. The van der Waals surface area contributed by atoms with Gasteiger partial charge in [0, 0.05) is 29.1 Å². The molecule has 0 spiro atoms. The van der Waals surface area contributed by atoms with Crippen molar-refractivity contribution < 1.29 is 4.92 Å². The van der Waals surface area contributed by atoms with Crippen molar-refractivity contribution in [1.82, 2.24) is 15.0 Å². The predicted octanol–water partition coefficient (Wildman–Crippen LogP) is 5.10. The van der Waals surface area contributed by atoms with Crippen LogP contribution in [-0.4, -0.2) is 25.6 Å². The molecule has 10 nitrogen and oxygen atoms in total. The summed E-state index contributed by atoms with van der Waals surface area (Å²) in [7, 11) is 0. The van der Waals surface area contributed by atoms with Crippen LogP contribution in [0.1, 0.15) is 12.5 Å². The van der Waals surface area contributed by atoms with Gasteiger partial charge in [-0.3, -0.25) is 10.1 Å². The molecule has 0 fully saturated rings. The number of nitro groups is 1. The Bertz CT molecular complexity index is 1220. The van der Waals surface area contributed by atoms with Crippen LogP contribution in [0, 0.1) is 10.1 Å². The Morgan fingerprint density at radius 3 is 1.88 bits per heavy atom. The van der Waals surface area contributed by atoms with Crippen LogP contribution >= 0.6 is 0 Å². The summed E-state index contributed by atoms with van der Waals surface area (Å²) in [6.45, 7) is 1.74. The summed E-state index contributed by atoms with van der Waals surface area (Å²) >= 11 is 0. The van der Waals surface area contributed by atoms with Crippen molar-refractivity contribution >= 4 is 40.6 Å². The van der Waals surface area contributed by atoms with Crippen molar-refractivity contribution in [3.8, 4) is 0 Å². The molecule has 0 saturated carbocycles. The zero-order valence-corrected chi connectivity index (χ0v) is 17.6. The van der Waals surface area contributed by atoms with E-state index in [2.05, 4.69) is 36.1 Å². The molecule has 1 heterocycles. The number of hydrazone groups is 1. The van der Waals surface area contributed by atoms with E-state index in [9.17, 15) is 10.1 Å². The van der Waals surface area contributed by atoms with Crippen LogP contribution in [0.15, 0.2) is 90.0 Å². The molecule has 33 heavy (non-hydrogen) atoms. The van der Waals surface area contributed by atoms with Crippen LogP contribution in [0.3, 0.4) is 0 Å². The van der Waals surface area contributed by atoms with Crippen molar-refractivity contribution in [1.29, 1.82) is 0 Å². The van der Waals surface area contributed by atoms with Gasteiger partial charge in [-0.25, -0.2) is 5.43 Å². The van der Waals surface area contributed by atoms with Crippen LogP contribution in [-0.2, 0) is 0 Å². The first-order chi connectivity index (χ1) is 16.1. The van der Waals surface area contributed by atoms with E-state index in [0.29, 0.717) is 23.2 Å². The largest absolute Gasteiger partial charge is 0.324 e. The van der Waals surface area contributed by atoms with E-state index < -0.39 is 4.92 Å². The molecule has 0 unspecified atom stereocenters. The van der Waals surface area contributed by atoms with Gasteiger partial charge in [-0.2, -0.15) is 20.1 Å². The Kier molecular flexibility index (Phi) is 6.45. The Balaban J connectivity index is 1.61. The number of nitrogens with one attached hydrogen (secondary N) is 3. The van der Waals surface area contributed by atoms with E-state index in [-0.39, 0.29) is 11.6 Å². The molecular weight excluding hydrogens is 420 g/mol. The fourth-order valence-electron chi connectivity index (χ4n) is 2.88. The lowest BCUT2D eigenvalue weighted by molar-refractivity contribution is -0.384. The van der Waals surface area contributed by atoms with Crippen molar-refractivity contribution in [3.63, 3.8) is 0 Å². The minimum Gasteiger partial charge on any atom is -0.324 e. The number of benzene rings is 3. The number of non-ortho nitro benzene ring substituents is 1. The number of hydrogen-bond acceptors (Lipinski definition) is 9. The minimum absolute atomic E-state index is 0.00842. The van der Waals surface area contributed by atoms with Crippen LogP contribution < -0.4 is 16.1 Å². The lowest BCUT2D eigenvalue weighted by Gasteiger charge is -2.10. The van der Waals surface area contributed by atoms with Gasteiger partial charge < -0.3 is 10.6 Å². The summed E-state index contributed by atoms with van der Waals surface area (Å²) in [6.07, 6.45) is 0. The number of anilines is 5. The molecule has 4 aromatic rings. The SMILES string of the molecule is C/C(=N\Nc1nc(Nc2ccccc2)nc(Nc2ccccc2)n1)c1cccc([N+](=O)[O-])c1. The van der Waals surface area contributed by atoms with E-state index in [0.717, 1.165) is 11.4 Å². The molecular formula is C23H20N8O2. The molecule has 0 amide bonds. The highest BCUT2D eigenvalue weighted by atomic mass is 16.6. The third kappa shape index (κ3) is 5.85. The molecule has 0 aliphatic rings. The number of nitro benzene ring substituents is 1. The summed E-state index contributed by atoms with van der Waals surface area (Å²) < 4.78 is 0. The summed E-state index contributed by atoms with van der Waals surface area (Å²) in [5.74, 6) is 0.840. The smallest absolute Gasteiger partial charge is 0.270 e. The second-order valence-electron chi connectivity index (χ2n) is 6.90. The lowest BCUT2D eigenvalue weighted by atomic mass is 10.1. The first kappa shape index (κ1) is 21.4. The molecule has 0 bridgehead atoms. The van der Waals surface area contributed by atoms with Crippen molar-refractivity contribution in [2.45, 2.75) is 6.92 Å². The number of nitrogens with zero attached hydrogens (tertiary/aromatic N) is 5. The number of para-hydroxylation sites is 2. The minimum atomic E-state index is -0.445. The zero-order valence-electron chi connectivity index (χ0n) is 17.6. The van der Waals surface area contributed by atoms with E-state index in [1.165, 1.54) is 12.1 Å². The third-order valence-corrected chi connectivity index (χ3v) is 4.49. The summed E-state index contributed by atoms with van der Waals surface area (Å²) in [6, 6.07) is 25.3. The highest BCUT2D eigenvalue weighted by molar-refractivity contribution is 5.99. The Labute approximate surface area is 189 Å². The second kappa shape index (κ2) is 9.96. The van der Waals surface area contributed by atoms with Gasteiger partial charge >= 0.3 is 0 Å². The highest BCUT2D eigenvalue weighted by Gasteiger charge is 2.10. The summed E-state index contributed by atoms with van der Waals surface area (Å²) in [5, 5.41) is 21.6. The van der Waals surface area contributed by atoms with Crippen LogP contribution in [0.2, 0.25) is 0 Å². The number of aromatic nitrogens is 3. The van der Waals surface area contributed by atoms with E-state index in [1.807, 2.05) is 60.7 Å². The van der Waals surface area contributed by atoms with Crippen LogP contribution in [0.25, 0.3) is 0 Å². The quantitative estimate of drug-likeness (QED) is 0.196. The maximum absolute atomic E-state index is 11.0. The van der Waals surface area contributed by atoms with Crippen molar-refractivity contribution in [2.24, 2.45) is 5.10 Å². The number of hydrogen-bond donors (Lipinski definition) is 3. The van der Waals surface area contributed by atoms with E-state index in [1.54, 1.807) is 19.1 Å². The Hall–Kier alpha value is -4.86. The second-order valence-corrected chi connectivity index (χ2v) is 6.90. The molecule has 0 saturated heterocycles. The average molecular weight is 440 g/mol. The Morgan fingerprint density at radius 1 is 0.788 bits per heavy atom. The highest BCUT2D eigenvalue weighted by Crippen LogP contribution is 2.19. The normalized spacial score (nSPS) is 11.0. The predicted molar refractivity (Wildman–Crippen MR) is 128 cm³/mol. The topological polar surface area (TPSA) is 130 Å². The lowest BCUT2D eigenvalue weighted by Crippen LogP contribution is -2.08. The number of rotatable bonds is 8. The molecule has 0 aliphatic heterocycles. The molecule has 3 N–H and O–H groups in total. The van der Waals surface area contributed by atoms with Gasteiger partial charge in [0.2, 0.25) is 17.8 Å². The molecule has 3 aromatic carbocycles. The van der Waals surface area contributed by atoms with Crippen LogP contribution in [0.5, 0.6) is 0 Å². The first-order valence-corrected chi connectivity index (χ1v) is 10.0. The molecule has 4 rings (SSSR count). The zero-order chi connectivity index (χ0) is 23.0. The van der Waals surface area contributed by atoms with Crippen molar-refractivity contribution in [2.75, 3.05) is 16.1 Å². The maximum Gasteiger partial charge on any atom is 0.270 e. The maximum atomic E-state index is 11.0. The van der Waals surface area contributed by atoms with Gasteiger partial charge in [0.25, 0.3) is 5.69 Å². The molecule has 10 heteroatoms. The van der Waals surface area contributed by atoms with Crippen molar-refractivity contribution in [3.05, 3.63) is 101 Å². The fraction of sp³-hybridized carbons (Fsp3) is 0.0435. The summed E-state index contributed by atoms with van der Waals surface area (Å²) in [4.78, 5) is 23.8. The average Bonchev–Trinajstić information content (AvgIpc) is 2.84. The molecule has 1 aromatic heterocycles. The van der Waals surface area contributed by atoms with Gasteiger partial charge in [-0.05, 0) is 31.2 Å². The summed E-state index contributed by atoms with van der Waals surface area (Å²) in [5.41, 5.74) is 5.59. The van der Waals surface area contributed by atoms with Gasteiger partial charge in [0.05, 0.1) is 10.6 Å². The molecule has 0 radical (unpaired) electrons. The van der Waals surface area contributed by atoms with Gasteiger partial charge in [-0.15, -0.1) is 0 Å². The van der Waals surface area contributed by atoms with Gasteiger partial charge in [0.1, 0.15) is 0 Å². The standard InChI is InChI=1S/C23H20N8O2/c1-16(17-9-8-14-20(15-17)31(32)33)29-30-23-27-21(24-18-10-4-2-5-11-18)26-22(28-23)25-19-12-6-3-7-13-19/h2-15H,1H3,(H3,24,25,26,27,28,30)/b29-16+. The van der Waals surface area contributed by atoms with Crippen LogP contribution in [0.4, 0.5) is 34.9 Å². The van der Waals surface area contributed by atoms with E-state index >= 15 is 0 Å². The van der Waals surface area contributed by atoms with Gasteiger partial charge in [0.15, 0.2) is 0 Å². The third-order valence-electron chi connectivity index (χ3n) is 4.49. The molecule has 0 atom stereocenters. The van der Waals surface area contributed by atoms with E-state index in [4.69, 9.17) is 0 Å². The molecule has 0 aliphatic carbocycles.